The number of aromatic nitrogens is 3. The molecule has 0 spiro atoms. The molecule has 0 aliphatic rings. The smallest absolute Gasteiger partial charge is 0.310 e. The van der Waals surface area contributed by atoms with Gasteiger partial charge in [-0.05, 0) is 82.9 Å². The molecule has 0 saturated carbocycles. The fourth-order valence-electron chi connectivity index (χ4n) is 4.22. The minimum Gasteiger partial charge on any atom is -0.466 e. The second-order valence-corrected chi connectivity index (χ2v) is 10.2. The van der Waals surface area contributed by atoms with E-state index in [4.69, 9.17) is 21.3 Å². The van der Waals surface area contributed by atoms with Crippen molar-refractivity contribution in [1.29, 1.82) is 0 Å². The number of hydrogen-bond donors (Lipinski definition) is 0. The van der Waals surface area contributed by atoms with Gasteiger partial charge in [-0.25, -0.2) is 4.98 Å². The Morgan fingerprint density at radius 2 is 1.88 bits per heavy atom. The van der Waals surface area contributed by atoms with E-state index in [9.17, 15) is 4.79 Å². The highest BCUT2D eigenvalue weighted by molar-refractivity contribution is 9.10. The second-order valence-electron chi connectivity index (χ2n) is 8.05. The number of hydrogen-bond acceptors (Lipinski definition) is 5. The summed E-state index contributed by atoms with van der Waals surface area (Å²) in [6.45, 7) is 4.19. The van der Waals surface area contributed by atoms with Crippen molar-refractivity contribution in [2.45, 2.75) is 20.3 Å². The number of carbonyl (C=O) groups excluding carboxylic acids is 1. The summed E-state index contributed by atoms with van der Waals surface area (Å²) in [5.74, 6) is -0.239. The first-order valence-corrected chi connectivity index (χ1v) is 12.8. The highest BCUT2D eigenvalue weighted by Gasteiger charge is 2.20. The number of benzene rings is 3. The Labute approximate surface area is 214 Å². The van der Waals surface area contributed by atoms with E-state index < -0.39 is 0 Å². The molecule has 0 amide bonds. The maximum atomic E-state index is 12.5. The summed E-state index contributed by atoms with van der Waals surface area (Å²) in [5.41, 5.74) is 6.94. The van der Waals surface area contributed by atoms with Gasteiger partial charge in [0.2, 0.25) is 0 Å². The molecule has 172 valence electrons. The monoisotopic (exact) mass is 553 g/mol. The Balaban J connectivity index is 1.72. The number of rotatable bonds is 5. The van der Waals surface area contributed by atoms with Crippen molar-refractivity contribution in [2.24, 2.45) is 7.05 Å². The highest BCUT2D eigenvalue weighted by atomic mass is 79.9. The lowest BCUT2D eigenvalue weighted by Crippen LogP contribution is -2.09. The number of esters is 1. The molecule has 5 nitrogen and oxygen atoms in total. The third-order valence-electron chi connectivity index (χ3n) is 5.82. The third kappa shape index (κ3) is 4.13. The molecule has 34 heavy (non-hydrogen) atoms. The van der Waals surface area contributed by atoms with Gasteiger partial charge in [-0.1, -0.05) is 23.7 Å². The van der Waals surface area contributed by atoms with E-state index in [0.29, 0.717) is 11.6 Å². The van der Waals surface area contributed by atoms with Crippen LogP contribution in [-0.4, -0.2) is 27.3 Å². The van der Waals surface area contributed by atoms with E-state index in [1.807, 2.05) is 49.8 Å². The zero-order chi connectivity index (χ0) is 24.0. The van der Waals surface area contributed by atoms with Crippen LogP contribution in [0.4, 0.5) is 0 Å². The maximum Gasteiger partial charge on any atom is 0.310 e. The van der Waals surface area contributed by atoms with Gasteiger partial charge in [0.1, 0.15) is 9.61 Å². The molecule has 2 aromatic heterocycles. The predicted octanol–water partition coefficient (Wildman–Crippen LogP) is 7.35. The van der Waals surface area contributed by atoms with Gasteiger partial charge in [-0.15, -0.1) is 11.3 Å². The van der Waals surface area contributed by atoms with E-state index >= 15 is 0 Å². The Kier molecular flexibility index (Phi) is 6.18. The average Bonchev–Trinajstić information content (AvgIpc) is 3.35. The topological polar surface area (TPSA) is 57.0 Å². The number of carbonyl (C=O) groups is 1. The Morgan fingerprint density at radius 3 is 2.62 bits per heavy atom. The maximum absolute atomic E-state index is 12.5. The van der Waals surface area contributed by atoms with Crippen LogP contribution in [0.5, 0.6) is 0 Å². The van der Waals surface area contributed by atoms with Gasteiger partial charge in [-0.2, -0.15) is 5.10 Å². The highest BCUT2D eigenvalue weighted by Crippen LogP contribution is 2.41. The quantitative estimate of drug-likeness (QED) is 0.213. The van der Waals surface area contributed by atoms with Crippen LogP contribution >= 0.6 is 38.9 Å². The first-order valence-electron chi connectivity index (χ1n) is 10.8. The van der Waals surface area contributed by atoms with E-state index in [1.165, 1.54) is 0 Å². The summed E-state index contributed by atoms with van der Waals surface area (Å²) in [6.07, 6.45) is 0.204. The Bertz CT molecular complexity index is 1560. The summed E-state index contributed by atoms with van der Waals surface area (Å²) in [5, 5.41) is 7.07. The van der Waals surface area contributed by atoms with Gasteiger partial charge in [0.15, 0.2) is 0 Å². The van der Waals surface area contributed by atoms with Crippen LogP contribution in [0.15, 0.2) is 53.1 Å². The van der Waals surface area contributed by atoms with E-state index in [0.717, 1.165) is 58.5 Å². The molecule has 0 N–H and O–H groups in total. The molecule has 0 unspecified atom stereocenters. The van der Waals surface area contributed by atoms with Gasteiger partial charge in [0, 0.05) is 28.6 Å². The van der Waals surface area contributed by atoms with Crippen LogP contribution in [0.2, 0.25) is 5.02 Å². The first kappa shape index (κ1) is 23.0. The standard InChI is InChI=1S/C26H21BrClN3O2S/c1-4-33-22(32)13-18-14(2)11-20-24(23(18)15-5-8-17(28)9-6-15)34-26(29-20)16-7-10-21-19(12-16)25(27)30-31(21)3/h5-12H,4,13H2,1-3H3. The molecule has 2 heterocycles. The lowest BCUT2D eigenvalue weighted by Gasteiger charge is -2.14. The number of fused-ring (bicyclic) bond motifs is 2. The van der Waals surface area contributed by atoms with Crippen LogP contribution in [-0.2, 0) is 23.0 Å². The van der Waals surface area contributed by atoms with Crippen molar-refractivity contribution in [1.82, 2.24) is 14.8 Å². The molecule has 5 aromatic rings. The second kappa shape index (κ2) is 9.13. The molecule has 0 saturated heterocycles. The molecule has 0 bridgehead atoms. The van der Waals surface area contributed by atoms with Crippen molar-refractivity contribution in [3.63, 3.8) is 0 Å². The van der Waals surface area contributed by atoms with Gasteiger partial charge < -0.3 is 4.74 Å². The molecule has 0 aliphatic heterocycles. The molecule has 0 aliphatic carbocycles. The van der Waals surface area contributed by atoms with E-state index in [-0.39, 0.29) is 12.4 Å². The summed E-state index contributed by atoms with van der Waals surface area (Å²) in [6, 6.07) is 16.0. The zero-order valence-electron chi connectivity index (χ0n) is 18.9. The number of ether oxygens (including phenoxy) is 1. The van der Waals surface area contributed by atoms with E-state index in [1.54, 1.807) is 11.3 Å². The van der Waals surface area contributed by atoms with Crippen molar-refractivity contribution < 1.29 is 9.53 Å². The van der Waals surface area contributed by atoms with Gasteiger partial charge >= 0.3 is 5.97 Å². The lowest BCUT2D eigenvalue weighted by atomic mass is 9.93. The Hall–Kier alpha value is -2.74. The van der Waals surface area contributed by atoms with Crippen molar-refractivity contribution in [2.75, 3.05) is 6.61 Å². The fourth-order valence-corrected chi connectivity index (χ4v) is 6.04. The first-order chi connectivity index (χ1) is 16.4. The third-order valence-corrected chi connectivity index (χ3v) is 7.80. The number of aryl methyl sites for hydroxylation is 2. The van der Waals surface area contributed by atoms with Crippen LogP contribution < -0.4 is 0 Å². The predicted molar refractivity (Wildman–Crippen MR) is 143 cm³/mol. The SMILES string of the molecule is CCOC(=O)Cc1c(C)cc2nc(-c3ccc4c(c3)c(Br)nn4C)sc2c1-c1ccc(Cl)cc1. The molecule has 8 heteroatoms. The molecule has 0 radical (unpaired) electrons. The molecular weight excluding hydrogens is 534 g/mol. The summed E-state index contributed by atoms with van der Waals surface area (Å²) in [4.78, 5) is 17.4. The number of halogens is 2. The summed E-state index contributed by atoms with van der Waals surface area (Å²) >= 11 is 11.3. The minimum absolute atomic E-state index is 0.204. The van der Waals surface area contributed by atoms with Crippen molar-refractivity contribution in [3.8, 4) is 21.7 Å². The summed E-state index contributed by atoms with van der Waals surface area (Å²) < 4.78 is 8.96. The van der Waals surface area contributed by atoms with Crippen molar-refractivity contribution in [3.05, 3.63) is 69.3 Å². The lowest BCUT2D eigenvalue weighted by molar-refractivity contribution is -0.142. The van der Waals surface area contributed by atoms with Gasteiger partial charge in [0.25, 0.3) is 0 Å². The van der Waals surface area contributed by atoms with Crippen LogP contribution in [0.3, 0.4) is 0 Å². The van der Waals surface area contributed by atoms with Crippen LogP contribution in [0.1, 0.15) is 18.1 Å². The minimum atomic E-state index is -0.239. The zero-order valence-corrected chi connectivity index (χ0v) is 22.0. The van der Waals surface area contributed by atoms with E-state index in [2.05, 4.69) is 45.3 Å². The summed E-state index contributed by atoms with van der Waals surface area (Å²) in [7, 11) is 1.93. The Morgan fingerprint density at radius 1 is 1.15 bits per heavy atom. The van der Waals surface area contributed by atoms with Crippen LogP contribution in [0.25, 0.3) is 42.8 Å². The normalized spacial score (nSPS) is 11.4. The number of thiazole rings is 1. The fraction of sp³-hybridized carbons (Fsp3) is 0.192. The van der Waals surface area contributed by atoms with Gasteiger partial charge in [-0.3, -0.25) is 9.48 Å². The molecular formula is C26H21BrClN3O2S. The molecule has 0 fully saturated rings. The molecule has 0 atom stereocenters. The van der Waals surface area contributed by atoms with Crippen molar-refractivity contribution >= 4 is 66.0 Å². The number of nitrogens with zero attached hydrogens (tertiary/aromatic N) is 3. The van der Waals surface area contributed by atoms with Gasteiger partial charge in [0.05, 0.1) is 28.8 Å². The molecule has 5 rings (SSSR count). The molecule has 3 aromatic carbocycles. The largest absolute Gasteiger partial charge is 0.466 e. The average molecular weight is 555 g/mol. The van der Waals surface area contributed by atoms with Crippen LogP contribution in [0, 0.1) is 6.92 Å².